The third-order valence-electron chi connectivity index (χ3n) is 3.96. The summed E-state index contributed by atoms with van der Waals surface area (Å²) in [5, 5.41) is 0. The highest BCUT2D eigenvalue weighted by Crippen LogP contribution is 2.17. The summed E-state index contributed by atoms with van der Waals surface area (Å²) in [4.78, 5) is 13.8. The van der Waals surface area contributed by atoms with Crippen molar-refractivity contribution in [3.8, 4) is 0 Å². The van der Waals surface area contributed by atoms with Gasteiger partial charge in [0.05, 0.1) is 11.2 Å². The van der Waals surface area contributed by atoms with Crippen LogP contribution in [0.1, 0.15) is 23.4 Å². The molecule has 0 saturated carbocycles. The van der Waals surface area contributed by atoms with Crippen molar-refractivity contribution in [3.05, 3.63) is 54.2 Å². The van der Waals surface area contributed by atoms with E-state index in [0.29, 0.717) is 25.9 Å². The number of likely N-dealkylation sites (tertiary alicyclic amines) is 1. The maximum atomic E-state index is 12.9. The summed E-state index contributed by atoms with van der Waals surface area (Å²) in [5.74, 6) is -0.404. The van der Waals surface area contributed by atoms with Gasteiger partial charge in [0, 0.05) is 19.1 Å². The van der Waals surface area contributed by atoms with E-state index in [2.05, 4.69) is 4.72 Å². The van der Waals surface area contributed by atoms with Gasteiger partial charge in [-0.2, -0.15) is 0 Å². The normalized spacial score (nSPS) is 16.3. The first-order chi connectivity index (χ1) is 11.5. The molecule has 1 aliphatic rings. The van der Waals surface area contributed by atoms with Gasteiger partial charge in [0.25, 0.3) is 5.91 Å². The molecule has 1 fully saturated rings. The van der Waals surface area contributed by atoms with E-state index in [1.807, 2.05) is 0 Å². The highest BCUT2D eigenvalue weighted by Gasteiger charge is 2.28. The van der Waals surface area contributed by atoms with E-state index >= 15 is 0 Å². The highest BCUT2D eigenvalue weighted by atomic mass is 32.2. The fourth-order valence-corrected chi connectivity index (χ4v) is 3.96. The Morgan fingerprint density at radius 3 is 2.42 bits per heavy atom. The zero-order valence-electron chi connectivity index (χ0n) is 12.8. The van der Waals surface area contributed by atoms with Crippen LogP contribution in [0, 0.1) is 5.82 Å². The van der Waals surface area contributed by atoms with Crippen LogP contribution in [0.15, 0.2) is 52.0 Å². The second-order valence-corrected chi connectivity index (χ2v) is 7.33. The molecule has 6 nitrogen and oxygen atoms in total. The van der Waals surface area contributed by atoms with Gasteiger partial charge >= 0.3 is 0 Å². The Kier molecular flexibility index (Phi) is 4.68. The molecule has 1 aromatic carbocycles. The summed E-state index contributed by atoms with van der Waals surface area (Å²) in [6, 6.07) is 7.67. The molecule has 0 atom stereocenters. The second-order valence-electron chi connectivity index (χ2n) is 5.62. The van der Waals surface area contributed by atoms with Crippen LogP contribution in [-0.2, 0) is 10.0 Å². The molecule has 1 saturated heterocycles. The summed E-state index contributed by atoms with van der Waals surface area (Å²) in [6.07, 6.45) is 2.45. The summed E-state index contributed by atoms with van der Waals surface area (Å²) < 4.78 is 45.2. The van der Waals surface area contributed by atoms with E-state index in [1.54, 1.807) is 17.0 Å². The molecular weight excluding hydrogens is 335 g/mol. The molecule has 1 aliphatic heterocycles. The number of hydrogen-bond acceptors (Lipinski definition) is 4. The maximum Gasteiger partial charge on any atom is 0.289 e. The minimum absolute atomic E-state index is 0.0259. The highest BCUT2D eigenvalue weighted by molar-refractivity contribution is 7.89. The van der Waals surface area contributed by atoms with Crippen molar-refractivity contribution in [3.63, 3.8) is 0 Å². The lowest BCUT2D eigenvalue weighted by Gasteiger charge is -2.31. The first kappa shape index (κ1) is 16.7. The summed E-state index contributed by atoms with van der Waals surface area (Å²) in [5.41, 5.74) is 0. The molecule has 128 valence electrons. The average Bonchev–Trinajstić information content (AvgIpc) is 3.09. The van der Waals surface area contributed by atoms with Gasteiger partial charge in [-0.1, -0.05) is 0 Å². The minimum Gasteiger partial charge on any atom is -0.459 e. The van der Waals surface area contributed by atoms with E-state index in [0.717, 1.165) is 12.1 Å². The molecule has 0 bridgehead atoms. The van der Waals surface area contributed by atoms with Gasteiger partial charge < -0.3 is 9.32 Å². The number of sulfonamides is 1. The number of rotatable bonds is 4. The van der Waals surface area contributed by atoms with Crippen molar-refractivity contribution in [2.45, 2.75) is 23.8 Å². The van der Waals surface area contributed by atoms with E-state index in [9.17, 15) is 17.6 Å². The Morgan fingerprint density at radius 1 is 1.17 bits per heavy atom. The van der Waals surface area contributed by atoms with Crippen molar-refractivity contribution >= 4 is 15.9 Å². The Balaban J connectivity index is 1.59. The molecule has 1 aromatic heterocycles. The number of carbonyl (C=O) groups excluding carboxylic acids is 1. The lowest BCUT2D eigenvalue weighted by Crippen LogP contribution is -2.46. The molecule has 0 unspecified atom stereocenters. The quantitative estimate of drug-likeness (QED) is 0.913. The van der Waals surface area contributed by atoms with Crippen LogP contribution in [0.4, 0.5) is 4.39 Å². The summed E-state index contributed by atoms with van der Waals surface area (Å²) in [6.45, 7) is 0.881. The average molecular weight is 352 g/mol. The van der Waals surface area contributed by atoms with Crippen LogP contribution < -0.4 is 4.72 Å². The Morgan fingerprint density at radius 2 is 1.83 bits per heavy atom. The van der Waals surface area contributed by atoms with E-state index in [4.69, 9.17) is 4.42 Å². The molecule has 24 heavy (non-hydrogen) atoms. The van der Waals surface area contributed by atoms with Gasteiger partial charge in [0.1, 0.15) is 5.82 Å². The van der Waals surface area contributed by atoms with Gasteiger partial charge in [-0.3, -0.25) is 4.79 Å². The molecule has 0 radical (unpaired) electrons. The Bertz CT molecular complexity index is 795. The van der Waals surface area contributed by atoms with Gasteiger partial charge in [-0.25, -0.2) is 17.5 Å². The number of carbonyl (C=O) groups is 1. The lowest BCUT2D eigenvalue weighted by molar-refractivity contribution is 0.0679. The number of furan rings is 1. The topological polar surface area (TPSA) is 79.6 Å². The third-order valence-corrected chi connectivity index (χ3v) is 5.50. The Labute approximate surface area is 139 Å². The SMILES string of the molecule is O=C(c1ccco1)N1CCC(NS(=O)(=O)c2ccc(F)cc2)CC1. The van der Waals surface area contributed by atoms with Crippen molar-refractivity contribution in [2.24, 2.45) is 0 Å². The first-order valence-corrected chi connectivity index (χ1v) is 9.05. The van der Waals surface area contributed by atoms with Crippen molar-refractivity contribution in [1.29, 1.82) is 0 Å². The number of nitrogens with one attached hydrogen (secondary N) is 1. The molecule has 8 heteroatoms. The summed E-state index contributed by atoms with van der Waals surface area (Å²) >= 11 is 0. The fourth-order valence-electron chi connectivity index (χ4n) is 2.66. The van der Waals surface area contributed by atoms with Crippen molar-refractivity contribution in [1.82, 2.24) is 9.62 Å². The fraction of sp³-hybridized carbons (Fsp3) is 0.312. The predicted octanol–water partition coefficient (Wildman–Crippen LogP) is 2.00. The van der Waals surface area contributed by atoms with Crippen LogP contribution >= 0.6 is 0 Å². The standard InChI is InChI=1S/C16H17FN2O4S/c17-12-3-5-14(6-4-12)24(21,22)18-13-7-9-19(10-8-13)16(20)15-2-1-11-23-15/h1-6,11,13,18H,7-10H2. The predicted molar refractivity (Wildman–Crippen MR) is 84.4 cm³/mol. The van der Waals surface area contributed by atoms with Crippen LogP contribution in [0.5, 0.6) is 0 Å². The monoisotopic (exact) mass is 352 g/mol. The molecule has 3 rings (SSSR count). The van der Waals surface area contributed by atoms with E-state index < -0.39 is 15.8 Å². The van der Waals surface area contributed by atoms with Gasteiger partial charge in [0.15, 0.2) is 5.76 Å². The zero-order chi connectivity index (χ0) is 17.2. The molecule has 1 amide bonds. The van der Waals surface area contributed by atoms with Crippen molar-refractivity contribution in [2.75, 3.05) is 13.1 Å². The number of piperidine rings is 1. The third kappa shape index (κ3) is 3.65. The summed E-state index contributed by atoms with van der Waals surface area (Å²) in [7, 11) is -3.70. The molecule has 2 aromatic rings. The van der Waals surface area contributed by atoms with Crippen LogP contribution in [0.3, 0.4) is 0 Å². The lowest BCUT2D eigenvalue weighted by atomic mass is 10.1. The van der Waals surface area contributed by atoms with E-state index in [-0.39, 0.29) is 22.6 Å². The molecular formula is C16H17FN2O4S. The Hall–Kier alpha value is -2.19. The number of amides is 1. The van der Waals surface area contributed by atoms with Crippen molar-refractivity contribution < 1.29 is 22.0 Å². The minimum atomic E-state index is -3.70. The smallest absolute Gasteiger partial charge is 0.289 e. The van der Waals surface area contributed by atoms with Crippen LogP contribution in [0.25, 0.3) is 0 Å². The van der Waals surface area contributed by atoms with Crippen LogP contribution in [-0.4, -0.2) is 38.4 Å². The number of halogens is 1. The van der Waals surface area contributed by atoms with Crippen LogP contribution in [0.2, 0.25) is 0 Å². The first-order valence-electron chi connectivity index (χ1n) is 7.56. The number of nitrogens with zero attached hydrogens (tertiary/aromatic N) is 1. The van der Waals surface area contributed by atoms with Gasteiger partial charge in [0.2, 0.25) is 10.0 Å². The van der Waals surface area contributed by atoms with E-state index in [1.165, 1.54) is 18.4 Å². The molecule has 1 N–H and O–H groups in total. The zero-order valence-corrected chi connectivity index (χ0v) is 13.6. The molecule has 2 heterocycles. The largest absolute Gasteiger partial charge is 0.459 e. The number of benzene rings is 1. The molecule has 0 aliphatic carbocycles. The number of hydrogen-bond donors (Lipinski definition) is 1. The molecule has 0 spiro atoms. The second kappa shape index (κ2) is 6.74. The van der Waals surface area contributed by atoms with Gasteiger partial charge in [-0.15, -0.1) is 0 Å². The maximum absolute atomic E-state index is 12.9. The van der Waals surface area contributed by atoms with Gasteiger partial charge in [-0.05, 0) is 49.2 Å².